The van der Waals surface area contributed by atoms with Crippen molar-refractivity contribution in [3.8, 4) is 0 Å². The molecule has 9 heteroatoms. The number of hydrogen-bond acceptors (Lipinski definition) is 6. The van der Waals surface area contributed by atoms with Crippen LogP contribution in [0.5, 0.6) is 0 Å². The lowest BCUT2D eigenvalue weighted by molar-refractivity contribution is -0.117. The maximum Gasteiger partial charge on any atom is 0.410 e. The van der Waals surface area contributed by atoms with Gasteiger partial charge in [0.25, 0.3) is 0 Å². The van der Waals surface area contributed by atoms with E-state index in [1.54, 1.807) is 9.58 Å². The molecule has 28 heavy (non-hydrogen) atoms. The molecule has 1 saturated carbocycles. The summed E-state index contributed by atoms with van der Waals surface area (Å²) in [4.78, 5) is 32.1. The van der Waals surface area contributed by atoms with Crippen molar-refractivity contribution in [1.29, 1.82) is 0 Å². The van der Waals surface area contributed by atoms with Gasteiger partial charge in [0.1, 0.15) is 5.60 Å². The van der Waals surface area contributed by atoms with Gasteiger partial charge in [-0.05, 0) is 38.7 Å². The second-order valence-corrected chi connectivity index (χ2v) is 9.51. The van der Waals surface area contributed by atoms with Gasteiger partial charge in [0, 0.05) is 37.0 Å². The number of aromatic nitrogens is 3. The third kappa shape index (κ3) is 4.04. The Hall–Kier alpha value is -2.42. The molecule has 2 aliphatic rings. The zero-order valence-electron chi connectivity index (χ0n) is 16.6. The van der Waals surface area contributed by atoms with Crippen molar-refractivity contribution < 1.29 is 14.3 Å². The van der Waals surface area contributed by atoms with Gasteiger partial charge in [-0.1, -0.05) is 11.3 Å². The predicted molar refractivity (Wildman–Crippen MR) is 105 cm³/mol. The quantitative estimate of drug-likeness (QED) is 0.851. The molecule has 1 fully saturated rings. The molecule has 1 N–H and O–H groups in total. The predicted octanol–water partition coefficient (Wildman–Crippen LogP) is 2.91. The number of amides is 2. The lowest BCUT2D eigenvalue weighted by Gasteiger charge is -2.29. The number of carbonyl (C=O) groups is 2. The SMILES string of the molecule is Cn1cc(C2CC2C(=O)Nc2nc3c(s2)CN(C(=O)OC(C)(C)C)CC3)cn1. The summed E-state index contributed by atoms with van der Waals surface area (Å²) in [6, 6.07) is 0. The Balaban J connectivity index is 1.36. The number of fused-ring (bicyclic) bond motifs is 1. The Labute approximate surface area is 167 Å². The third-order valence-corrected chi connectivity index (χ3v) is 5.89. The molecular formula is C19H25N5O3S. The molecule has 2 aromatic heterocycles. The smallest absolute Gasteiger partial charge is 0.410 e. The Bertz CT molecular complexity index is 913. The van der Waals surface area contributed by atoms with Gasteiger partial charge < -0.3 is 15.0 Å². The second-order valence-electron chi connectivity index (χ2n) is 8.43. The molecular weight excluding hydrogens is 378 g/mol. The molecule has 0 aromatic carbocycles. The van der Waals surface area contributed by atoms with Crippen molar-refractivity contribution >= 4 is 28.5 Å². The first-order valence-corrected chi connectivity index (χ1v) is 10.3. The molecule has 1 aliphatic carbocycles. The minimum atomic E-state index is -0.515. The van der Waals surface area contributed by atoms with Crippen LogP contribution in [0.15, 0.2) is 12.4 Å². The minimum Gasteiger partial charge on any atom is -0.444 e. The zero-order chi connectivity index (χ0) is 20.1. The van der Waals surface area contributed by atoms with Gasteiger partial charge in [-0.15, -0.1) is 0 Å². The average molecular weight is 404 g/mol. The van der Waals surface area contributed by atoms with Gasteiger partial charge in [0.2, 0.25) is 5.91 Å². The van der Waals surface area contributed by atoms with Crippen LogP contribution in [0.1, 0.15) is 49.2 Å². The van der Waals surface area contributed by atoms with Crippen molar-refractivity contribution in [2.75, 3.05) is 11.9 Å². The number of nitrogens with zero attached hydrogens (tertiary/aromatic N) is 4. The van der Waals surface area contributed by atoms with Crippen molar-refractivity contribution in [1.82, 2.24) is 19.7 Å². The average Bonchev–Trinajstić information content (AvgIpc) is 3.12. The van der Waals surface area contributed by atoms with Crippen LogP contribution in [-0.2, 0) is 29.5 Å². The molecule has 2 aromatic rings. The summed E-state index contributed by atoms with van der Waals surface area (Å²) in [5, 5.41) is 7.74. The molecule has 0 spiro atoms. The van der Waals surface area contributed by atoms with Crippen molar-refractivity contribution in [3.63, 3.8) is 0 Å². The highest BCUT2D eigenvalue weighted by molar-refractivity contribution is 7.15. The molecule has 2 amide bonds. The van der Waals surface area contributed by atoms with Crippen LogP contribution >= 0.6 is 11.3 Å². The van der Waals surface area contributed by atoms with Crippen LogP contribution < -0.4 is 5.32 Å². The summed E-state index contributed by atoms with van der Waals surface area (Å²) in [7, 11) is 1.88. The number of hydrogen-bond donors (Lipinski definition) is 1. The maximum absolute atomic E-state index is 12.6. The monoisotopic (exact) mass is 403 g/mol. The van der Waals surface area contributed by atoms with Crippen LogP contribution in [0.2, 0.25) is 0 Å². The molecule has 150 valence electrons. The largest absolute Gasteiger partial charge is 0.444 e. The van der Waals surface area contributed by atoms with E-state index in [2.05, 4.69) is 15.4 Å². The summed E-state index contributed by atoms with van der Waals surface area (Å²) in [6.07, 6.45) is 4.99. The highest BCUT2D eigenvalue weighted by Crippen LogP contribution is 2.48. The first-order valence-electron chi connectivity index (χ1n) is 9.45. The topological polar surface area (TPSA) is 89.4 Å². The Morgan fingerprint density at radius 2 is 2.14 bits per heavy atom. The number of ether oxygens (including phenoxy) is 1. The van der Waals surface area contributed by atoms with Gasteiger partial charge in [0.15, 0.2) is 5.13 Å². The maximum atomic E-state index is 12.6. The van der Waals surface area contributed by atoms with Gasteiger partial charge >= 0.3 is 6.09 Å². The standard InChI is InChI=1S/C19H25N5O3S/c1-19(2,3)27-18(26)24-6-5-14-15(10-24)28-17(21-14)22-16(25)13-7-12(13)11-8-20-23(4)9-11/h8-9,12-13H,5-7,10H2,1-4H3,(H,21,22,25). The summed E-state index contributed by atoms with van der Waals surface area (Å²) in [5.74, 6) is 0.221. The summed E-state index contributed by atoms with van der Waals surface area (Å²) in [6.45, 7) is 6.62. The lowest BCUT2D eigenvalue weighted by Crippen LogP contribution is -2.39. The van der Waals surface area contributed by atoms with Gasteiger partial charge in [-0.3, -0.25) is 9.48 Å². The number of anilines is 1. The highest BCUT2D eigenvalue weighted by Gasteiger charge is 2.45. The molecule has 0 radical (unpaired) electrons. The molecule has 2 atom stereocenters. The number of nitrogens with one attached hydrogen (secondary N) is 1. The van der Waals surface area contributed by atoms with Crippen molar-refractivity contribution in [3.05, 3.63) is 28.5 Å². The normalized spacial score (nSPS) is 21.2. The minimum absolute atomic E-state index is 0.00366. The van der Waals surface area contributed by atoms with Crippen LogP contribution in [0.25, 0.3) is 0 Å². The van der Waals surface area contributed by atoms with E-state index >= 15 is 0 Å². The lowest BCUT2D eigenvalue weighted by atomic mass is 10.2. The number of rotatable bonds is 3. The van der Waals surface area contributed by atoms with E-state index in [0.29, 0.717) is 24.6 Å². The van der Waals surface area contributed by atoms with Crippen molar-refractivity contribution in [2.24, 2.45) is 13.0 Å². The van der Waals surface area contributed by atoms with Gasteiger partial charge in [0.05, 0.1) is 18.4 Å². The Morgan fingerprint density at radius 1 is 1.36 bits per heavy atom. The summed E-state index contributed by atoms with van der Waals surface area (Å²) in [5.41, 5.74) is 1.55. The highest BCUT2D eigenvalue weighted by atomic mass is 32.1. The van der Waals surface area contributed by atoms with E-state index in [0.717, 1.165) is 22.6 Å². The number of thiazole rings is 1. The van der Waals surface area contributed by atoms with Crippen molar-refractivity contribution in [2.45, 2.75) is 51.7 Å². The molecule has 0 bridgehead atoms. The van der Waals surface area contributed by atoms with Crippen LogP contribution in [0, 0.1) is 5.92 Å². The fraction of sp³-hybridized carbons (Fsp3) is 0.579. The van der Waals surface area contributed by atoms with Crippen LogP contribution in [0.4, 0.5) is 9.93 Å². The van der Waals surface area contributed by atoms with E-state index < -0.39 is 5.60 Å². The summed E-state index contributed by atoms with van der Waals surface area (Å²) >= 11 is 1.44. The fourth-order valence-electron chi connectivity index (χ4n) is 3.41. The summed E-state index contributed by atoms with van der Waals surface area (Å²) < 4.78 is 7.21. The van der Waals surface area contributed by atoms with Crippen LogP contribution in [0.3, 0.4) is 0 Å². The van der Waals surface area contributed by atoms with E-state index in [1.807, 2.05) is 40.2 Å². The van der Waals surface area contributed by atoms with E-state index in [1.165, 1.54) is 11.3 Å². The first-order chi connectivity index (χ1) is 13.2. The fourth-order valence-corrected chi connectivity index (χ4v) is 4.44. The molecule has 0 saturated heterocycles. The van der Waals surface area contributed by atoms with Crippen LogP contribution in [-0.4, -0.2) is 43.8 Å². The number of carbonyl (C=O) groups excluding carboxylic acids is 2. The zero-order valence-corrected chi connectivity index (χ0v) is 17.4. The van der Waals surface area contributed by atoms with Gasteiger partial charge in [-0.2, -0.15) is 5.10 Å². The number of aryl methyl sites for hydroxylation is 1. The van der Waals surface area contributed by atoms with Gasteiger partial charge in [-0.25, -0.2) is 9.78 Å². The van der Waals surface area contributed by atoms with E-state index in [4.69, 9.17) is 4.74 Å². The molecule has 3 heterocycles. The molecule has 1 aliphatic heterocycles. The third-order valence-electron chi connectivity index (χ3n) is 4.89. The van der Waals surface area contributed by atoms with E-state index in [9.17, 15) is 9.59 Å². The first kappa shape index (κ1) is 18.9. The molecule has 2 unspecified atom stereocenters. The molecule has 4 rings (SSSR count). The Morgan fingerprint density at radius 3 is 2.82 bits per heavy atom. The Kier molecular flexibility index (Phi) is 4.65. The second kappa shape index (κ2) is 6.88. The van der Waals surface area contributed by atoms with E-state index in [-0.39, 0.29) is 23.8 Å². The molecule has 8 nitrogen and oxygen atoms in total.